The highest BCUT2D eigenvalue weighted by molar-refractivity contribution is 6.33. The van der Waals surface area contributed by atoms with Gasteiger partial charge in [-0.05, 0) is 49.8 Å². The number of nitrogens with one attached hydrogen (secondary N) is 2. The highest BCUT2D eigenvalue weighted by Gasteiger charge is 2.79. The maximum Gasteiger partial charge on any atom is 0.250 e. The van der Waals surface area contributed by atoms with E-state index in [1.54, 1.807) is 24.3 Å². The van der Waals surface area contributed by atoms with Gasteiger partial charge in [0.2, 0.25) is 17.7 Å². The number of halogens is 1. The third kappa shape index (κ3) is 4.52. The van der Waals surface area contributed by atoms with Crippen LogP contribution in [0.3, 0.4) is 0 Å². The Labute approximate surface area is 234 Å². The van der Waals surface area contributed by atoms with Gasteiger partial charge in [-0.15, -0.1) is 0 Å². The van der Waals surface area contributed by atoms with Crippen molar-refractivity contribution in [2.24, 2.45) is 11.8 Å². The minimum absolute atomic E-state index is 0.214. The van der Waals surface area contributed by atoms with Gasteiger partial charge in [0, 0.05) is 6.54 Å². The lowest BCUT2D eigenvalue weighted by Crippen LogP contribution is -2.57. The number of fused-ring (bicyclic) bond motifs is 1. The lowest BCUT2D eigenvalue weighted by molar-refractivity contribution is -0.149. The third-order valence-corrected chi connectivity index (χ3v) is 9.08. The first kappa shape index (κ1) is 27.6. The standard InChI is InChI=1S/C30H36ClN3O5/c1-3-16-32-26(36)23-24-28(38)34(20(18-35)17-19-10-6-5-7-11-19)25(30(24)15-14-29(23,4-2)39-30)27(37)33-22-13-9-8-12-21(22)31/h5-13,20,23-25,35H,3-4,14-18H2,1-2H3,(H,32,36)(H,33,37)/t20-,23-,24+,25?,29+,30?/m1/s1. The van der Waals surface area contributed by atoms with Crippen molar-refractivity contribution in [3.63, 3.8) is 0 Å². The predicted molar refractivity (Wildman–Crippen MR) is 148 cm³/mol. The highest BCUT2D eigenvalue weighted by Crippen LogP contribution is 2.64. The number of carbonyl (C=O) groups is 3. The summed E-state index contributed by atoms with van der Waals surface area (Å²) in [6.07, 6.45) is 2.71. The summed E-state index contributed by atoms with van der Waals surface area (Å²) < 4.78 is 6.78. The zero-order valence-corrected chi connectivity index (χ0v) is 23.1. The molecule has 3 N–H and O–H groups in total. The molecule has 3 saturated heterocycles. The molecule has 2 aromatic rings. The number of hydrogen-bond acceptors (Lipinski definition) is 5. The molecule has 39 heavy (non-hydrogen) atoms. The van der Waals surface area contributed by atoms with Crippen molar-refractivity contribution < 1.29 is 24.2 Å². The molecular formula is C30H36ClN3O5. The summed E-state index contributed by atoms with van der Waals surface area (Å²) in [5.74, 6) is -2.51. The summed E-state index contributed by atoms with van der Waals surface area (Å²) in [5.41, 5.74) is -0.649. The van der Waals surface area contributed by atoms with Gasteiger partial charge in [0.25, 0.3) is 0 Å². The molecule has 3 heterocycles. The third-order valence-electron chi connectivity index (χ3n) is 8.75. The average Bonchev–Trinajstić information content (AvgIpc) is 3.56. The van der Waals surface area contributed by atoms with Gasteiger partial charge in [0.1, 0.15) is 11.6 Å². The molecule has 0 radical (unpaired) electrons. The number of carbonyl (C=O) groups excluding carboxylic acids is 3. The lowest BCUT2D eigenvalue weighted by Gasteiger charge is -2.37. The van der Waals surface area contributed by atoms with Crippen molar-refractivity contribution in [2.75, 3.05) is 18.5 Å². The summed E-state index contributed by atoms with van der Waals surface area (Å²) in [4.78, 5) is 43.6. The fraction of sp³-hybridized carbons (Fsp3) is 0.500. The second-order valence-electron chi connectivity index (χ2n) is 10.9. The molecule has 1 spiro atoms. The van der Waals surface area contributed by atoms with Crippen LogP contribution in [0.4, 0.5) is 5.69 Å². The smallest absolute Gasteiger partial charge is 0.250 e. The lowest BCUT2D eigenvalue weighted by atomic mass is 9.65. The van der Waals surface area contributed by atoms with Gasteiger partial charge in [-0.2, -0.15) is 0 Å². The number of benzene rings is 2. The Bertz CT molecular complexity index is 1240. The number of para-hydroxylation sites is 1. The molecule has 3 aliphatic rings. The molecule has 9 heteroatoms. The van der Waals surface area contributed by atoms with Crippen molar-refractivity contribution in [3.8, 4) is 0 Å². The van der Waals surface area contributed by atoms with E-state index in [2.05, 4.69) is 10.6 Å². The molecule has 8 nitrogen and oxygen atoms in total. The van der Waals surface area contributed by atoms with Crippen LogP contribution in [0.15, 0.2) is 54.6 Å². The summed E-state index contributed by atoms with van der Waals surface area (Å²) in [6.45, 7) is 4.09. The Morgan fingerprint density at radius 1 is 1.10 bits per heavy atom. The van der Waals surface area contributed by atoms with Crippen LogP contribution in [0.25, 0.3) is 0 Å². The maximum atomic E-state index is 14.4. The van der Waals surface area contributed by atoms with Crippen LogP contribution in [-0.2, 0) is 25.5 Å². The topological polar surface area (TPSA) is 108 Å². The van der Waals surface area contributed by atoms with E-state index in [1.807, 2.05) is 44.2 Å². The van der Waals surface area contributed by atoms with E-state index in [4.69, 9.17) is 16.3 Å². The predicted octanol–water partition coefficient (Wildman–Crippen LogP) is 3.56. The van der Waals surface area contributed by atoms with Gasteiger partial charge >= 0.3 is 0 Å². The van der Waals surface area contributed by atoms with Gasteiger partial charge in [-0.25, -0.2) is 0 Å². The first-order valence-corrected chi connectivity index (χ1v) is 14.2. The molecule has 2 unspecified atom stereocenters. The Morgan fingerprint density at radius 2 is 1.82 bits per heavy atom. The molecule has 2 bridgehead atoms. The number of ether oxygens (including phenoxy) is 1. The molecule has 3 fully saturated rings. The molecule has 3 amide bonds. The number of likely N-dealkylation sites (tertiary alicyclic amines) is 1. The first-order valence-electron chi connectivity index (χ1n) is 13.8. The summed E-state index contributed by atoms with van der Waals surface area (Å²) in [5, 5.41) is 16.8. The van der Waals surface area contributed by atoms with Gasteiger partial charge in [-0.3, -0.25) is 14.4 Å². The van der Waals surface area contributed by atoms with E-state index >= 15 is 0 Å². The second-order valence-corrected chi connectivity index (χ2v) is 11.3. The fourth-order valence-electron chi connectivity index (χ4n) is 7.01. The van der Waals surface area contributed by atoms with Crippen LogP contribution in [0.5, 0.6) is 0 Å². The van der Waals surface area contributed by atoms with Crippen molar-refractivity contribution in [3.05, 3.63) is 65.2 Å². The Hall–Kier alpha value is -2.94. The second kappa shape index (κ2) is 10.9. The van der Waals surface area contributed by atoms with E-state index in [1.165, 1.54) is 4.90 Å². The van der Waals surface area contributed by atoms with Crippen LogP contribution < -0.4 is 10.6 Å². The summed E-state index contributed by atoms with van der Waals surface area (Å²) in [6, 6.07) is 14.7. The van der Waals surface area contributed by atoms with Crippen LogP contribution in [-0.4, -0.2) is 64.2 Å². The molecule has 5 rings (SSSR count). The molecule has 3 aliphatic heterocycles. The molecule has 2 aromatic carbocycles. The zero-order chi connectivity index (χ0) is 27.8. The Kier molecular flexibility index (Phi) is 7.73. The molecule has 0 aliphatic carbocycles. The highest BCUT2D eigenvalue weighted by atomic mass is 35.5. The van der Waals surface area contributed by atoms with Crippen molar-refractivity contribution in [1.29, 1.82) is 0 Å². The minimum atomic E-state index is -1.18. The SMILES string of the molecule is CCCNC(=O)[C@H]1[C@H]2C(=O)N([C@@H](CO)Cc3ccccc3)C(C(=O)Nc3ccccc3Cl)C23CC[C@]1(CC)O3. The van der Waals surface area contributed by atoms with Gasteiger partial charge in [0.15, 0.2) is 0 Å². The minimum Gasteiger partial charge on any atom is -0.394 e. The van der Waals surface area contributed by atoms with Crippen LogP contribution in [0.1, 0.15) is 45.1 Å². The maximum absolute atomic E-state index is 14.4. The molecular weight excluding hydrogens is 518 g/mol. The van der Waals surface area contributed by atoms with Crippen molar-refractivity contribution in [2.45, 2.75) is 69.2 Å². The van der Waals surface area contributed by atoms with E-state index in [9.17, 15) is 19.5 Å². The fourth-order valence-corrected chi connectivity index (χ4v) is 7.19. The number of nitrogens with zero attached hydrogens (tertiary/aromatic N) is 1. The van der Waals surface area contributed by atoms with E-state index in [0.29, 0.717) is 42.9 Å². The number of anilines is 1. The molecule has 208 valence electrons. The summed E-state index contributed by atoms with van der Waals surface area (Å²) >= 11 is 6.36. The van der Waals surface area contributed by atoms with Gasteiger partial charge in [-0.1, -0.05) is 67.9 Å². The van der Waals surface area contributed by atoms with Crippen LogP contribution >= 0.6 is 11.6 Å². The number of amides is 3. The summed E-state index contributed by atoms with van der Waals surface area (Å²) in [7, 11) is 0. The average molecular weight is 554 g/mol. The molecule has 0 saturated carbocycles. The van der Waals surface area contributed by atoms with Gasteiger partial charge in [0.05, 0.1) is 40.8 Å². The number of aliphatic hydroxyl groups excluding tert-OH is 1. The Morgan fingerprint density at radius 3 is 2.49 bits per heavy atom. The number of hydrogen-bond donors (Lipinski definition) is 3. The monoisotopic (exact) mass is 553 g/mol. The zero-order valence-electron chi connectivity index (χ0n) is 22.4. The number of aliphatic hydroxyl groups is 1. The quantitative estimate of drug-likeness (QED) is 0.417. The Balaban J connectivity index is 1.58. The van der Waals surface area contributed by atoms with Crippen molar-refractivity contribution in [1.82, 2.24) is 10.2 Å². The molecule has 0 aromatic heterocycles. The van der Waals surface area contributed by atoms with Crippen LogP contribution in [0, 0.1) is 11.8 Å². The normalized spacial score (nSPS) is 29.8. The number of rotatable bonds is 10. The first-order chi connectivity index (χ1) is 18.8. The van der Waals surface area contributed by atoms with E-state index in [-0.39, 0.29) is 18.4 Å². The van der Waals surface area contributed by atoms with Crippen LogP contribution in [0.2, 0.25) is 5.02 Å². The van der Waals surface area contributed by atoms with Crippen molar-refractivity contribution >= 4 is 35.0 Å². The molecule has 6 atom stereocenters. The van der Waals surface area contributed by atoms with E-state index in [0.717, 1.165) is 12.0 Å². The van der Waals surface area contributed by atoms with Gasteiger partial charge < -0.3 is 25.4 Å². The largest absolute Gasteiger partial charge is 0.394 e. The van der Waals surface area contributed by atoms with E-state index < -0.39 is 41.0 Å².